The van der Waals surface area contributed by atoms with Crippen molar-refractivity contribution in [1.29, 1.82) is 0 Å². The van der Waals surface area contributed by atoms with Crippen molar-refractivity contribution in [1.82, 2.24) is 5.32 Å². The summed E-state index contributed by atoms with van der Waals surface area (Å²) in [6.07, 6.45) is -3.70. The first-order chi connectivity index (χ1) is 11.4. The Morgan fingerprint density at radius 2 is 1.96 bits per heavy atom. The molecule has 1 aliphatic rings. The highest BCUT2D eigenvalue weighted by atomic mass is 19.4. The molecule has 0 fully saturated rings. The number of rotatable bonds is 3. The number of hydrogen-bond acceptors (Lipinski definition) is 2. The van der Waals surface area contributed by atoms with Gasteiger partial charge in [0.2, 0.25) is 0 Å². The van der Waals surface area contributed by atoms with Gasteiger partial charge < -0.3 is 10.1 Å². The average Bonchev–Trinajstić information content (AvgIpc) is 2.59. The molecule has 0 saturated heterocycles. The van der Waals surface area contributed by atoms with Gasteiger partial charge in [-0.15, -0.1) is 0 Å². The Morgan fingerprint density at radius 1 is 1.17 bits per heavy atom. The molecular weight excluding hydrogens is 319 g/mol. The minimum absolute atomic E-state index is 0.00181. The number of benzene rings is 2. The Bertz CT molecular complexity index is 743. The maximum atomic E-state index is 12.7. The van der Waals surface area contributed by atoms with E-state index in [1.807, 2.05) is 24.3 Å². The van der Waals surface area contributed by atoms with Crippen LogP contribution in [-0.2, 0) is 12.6 Å². The molecule has 1 heterocycles. The summed E-state index contributed by atoms with van der Waals surface area (Å²) < 4.78 is 43.7. The van der Waals surface area contributed by atoms with Crippen LogP contribution in [0.2, 0.25) is 0 Å². The molecule has 0 bridgehead atoms. The van der Waals surface area contributed by atoms with Crippen LogP contribution in [0.25, 0.3) is 0 Å². The lowest BCUT2D eigenvalue weighted by atomic mass is 9.96. The number of carbonyl (C=O) groups is 1. The fourth-order valence-corrected chi connectivity index (χ4v) is 2.70. The van der Waals surface area contributed by atoms with Gasteiger partial charge in [0, 0.05) is 18.0 Å². The highest BCUT2D eigenvalue weighted by Crippen LogP contribution is 2.29. The number of para-hydroxylation sites is 1. The lowest BCUT2D eigenvalue weighted by Gasteiger charge is -2.25. The fraction of sp³-hybridized carbons (Fsp3) is 0.278. The van der Waals surface area contributed by atoms with Crippen molar-refractivity contribution in [3.8, 4) is 5.75 Å². The predicted molar refractivity (Wildman–Crippen MR) is 82.9 cm³/mol. The van der Waals surface area contributed by atoms with Gasteiger partial charge in [0.15, 0.2) is 0 Å². The Labute approximate surface area is 137 Å². The van der Waals surface area contributed by atoms with E-state index in [1.54, 1.807) is 0 Å². The van der Waals surface area contributed by atoms with Gasteiger partial charge in [-0.05, 0) is 36.2 Å². The summed E-state index contributed by atoms with van der Waals surface area (Å²) >= 11 is 0. The maximum absolute atomic E-state index is 12.7. The average molecular weight is 335 g/mol. The molecule has 0 unspecified atom stereocenters. The van der Waals surface area contributed by atoms with Gasteiger partial charge >= 0.3 is 6.18 Å². The molecule has 1 aliphatic heterocycles. The number of hydrogen-bond donors (Lipinski definition) is 1. The number of alkyl halides is 3. The van der Waals surface area contributed by atoms with Crippen LogP contribution >= 0.6 is 0 Å². The van der Waals surface area contributed by atoms with Crippen LogP contribution in [0.15, 0.2) is 48.5 Å². The van der Waals surface area contributed by atoms with Crippen LogP contribution in [0.5, 0.6) is 5.75 Å². The zero-order valence-electron chi connectivity index (χ0n) is 12.8. The number of halogens is 3. The first kappa shape index (κ1) is 16.4. The molecule has 3 rings (SSSR count). The summed E-state index contributed by atoms with van der Waals surface area (Å²) in [7, 11) is 0. The van der Waals surface area contributed by atoms with Crippen LogP contribution in [0.3, 0.4) is 0 Å². The molecule has 2 aromatic carbocycles. The molecule has 1 atom stereocenters. The van der Waals surface area contributed by atoms with Crippen molar-refractivity contribution in [3.63, 3.8) is 0 Å². The Morgan fingerprint density at radius 3 is 2.75 bits per heavy atom. The van der Waals surface area contributed by atoms with Gasteiger partial charge in [-0.3, -0.25) is 4.79 Å². The van der Waals surface area contributed by atoms with E-state index >= 15 is 0 Å². The largest absolute Gasteiger partial charge is 0.493 e. The summed E-state index contributed by atoms with van der Waals surface area (Å²) in [5.41, 5.74) is 0.245. The highest BCUT2D eigenvalue weighted by molar-refractivity contribution is 5.94. The molecule has 1 amide bonds. The van der Waals surface area contributed by atoms with Gasteiger partial charge in [-0.25, -0.2) is 0 Å². The smallest absolute Gasteiger partial charge is 0.416 e. The molecule has 126 valence electrons. The summed E-state index contributed by atoms with van der Waals surface area (Å²) in [6.45, 7) is 0.823. The fourth-order valence-electron chi connectivity index (χ4n) is 2.70. The minimum atomic E-state index is -4.46. The topological polar surface area (TPSA) is 38.3 Å². The van der Waals surface area contributed by atoms with Crippen molar-refractivity contribution in [2.75, 3.05) is 13.2 Å². The van der Waals surface area contributed by atoms with Crippen LogP contribution in [0, 0.1) is 5.92 Å². The van der Waals surface area contributed by atoms with E-state index in [2.05, 4.69) is 5.32 Å². The van der Waals surface area contributed by atoms with Crippen molar-refractivity contribution < 1.29 is 22.7 Å². The van der Waals surface area contributed by atoms with Gasteiger partial charge in [0.25, 0.3) is 5.91 Å². The summed E-state index contributed by atoms with van der Waals surface area (Å²) in [5, 5.41) is 2.69. The second-order valence-corrected chi connectivity index (χ2v) is 5.78. The van der Waals surface area contributed by atoms with Crippen molar-refractivity contribution in [2.24, 2.45) is 5.92 Å². The standard InChI is InChI=1S/C18H16F3NO2/c19-18(20,21)15-6-3-5-14(9-15)17(23)22-10-12-8-13-4-1-2-7-16(13)24-11-12/h1-7,9,12H,8,10-11H2,(H,22,23)/t12-/m1/s1. The maximum Gasteiger partial charge on any atom is 0.416 e. The summed E-state index contributed by atoms with van der Waals surface area (Å²) in [5.74, 6) is 0.424. The molecule has 0 aliphatic carbocycles. The number of ether oxygens (including phenoxy) is 1. The number of nitrogens with one attached hydrogen (secondary N) is 1. The van der Waals surface area contributed by atoms with Gasteiger partial charge in [0.05, 0.1) is 12.2 Å². The molecule has 6 heteroatoms. The van der Waals surface area contributed by atoms with Crippen LogP contribution in [0.4, 0.5) is 13.2 Å². The summed E-state index contributed by atoms with van der Waals surface area (Å²) in [6, 6.07) is 12.1. The van der Waals surface area contributed by atoms with Crippen LogP contribution < -0.4 is 10.1 Å². The first-order valence-corrected chi connectivity index (χ1v) is 7.59. The molecule has 24 heavy (non-hydrogen) atoms. The Kier molecular flexibility index (Phi) is 4.46. The number of carbonyl (C=O) groups excluding carboxylic acids is 1. The molecular formula is C18H16F3NO2. The SMILES string of the molecule is O=C(NC[C@@H]1COc2ccccc2C1)c1cccc(C(F)(F)F)c1. The molecule has 0 aromatic heterocycles. The Balaban J connectivity index is 1.61. The Hall–Kier alpha value is -2.50. The van der Waals surface area contributed by atoms with E-state index in [0.29, 0.717) is 13.2 Å². The third-order valence-electron chi connectivity index (χ3n) is 3.96. The third kappa shape index (κ3) is 3.69. The van der Waals surface area contributed by atoms with E-state index in [1.165, 1.54) is 12.1 Å². The molecule has 1 N–H and O–H groups in total. The second kappa shape index (κ2) is 6.55. The normalized spacial score (nSPS) is 16.9. The van der Waals surface area contributed by atoms with E-state index in [0.717, 1.165) is 29.9 Å². The van der Waals surface area contributed by atoms with E-state index in [-0.39, 0.29) is 11.5 Å². The number of amides is 1. The van der Waals surface area contributed by atoms with Gasteiger partial charge in [0.1, 0.15) is 5.75 Å². The molecule has 0 saturated carbocycles. The van der Waals surface area contributed by atoms with Crippen LogP contribution in [-0.4, -0.2) is 19.1 Å². The zero-order chi connectivity index (χ0) is 17.2. The minimum Gasteiger partial charge on any atom is -0.493 e. The van der Waals surface area contributed by atoms with Crippen LogP contribution in [0.1, 0.15) is 21.5 Å². The predicted octanol–water partition coefficient (Wildman–Crippen LogP) is 3.69. The lowest BCUT2D eigenvalue weighted by molar-refractivity contribution is -0.137. The molecule has 3 nitrogen and oxygen atoms in total. The quantitative estimate of drug-likeness (QED) is 0.929. The molecule has 2 aromatic rings. The zero-order valence-corrected chi connectivity index (χ0v) is 12.8. The van der Waals surface area contributed by atoms with Gasteiger partial charge in [-0.1, -0.05) is 24.3 Å². The first-order valence-electron chi connectivity index (χ1n) is 7.59. The van der Waals surface area contributed by atoms with E-state index in [4.69, 9.17) is 4.74 Å². The second-order valence-electron chi connectivity index (χ2n) is 5.78. The third-order valence-corrected chi connectivity index (χ3v) is 3.96. The highest BCUT2D eigenvalue weighted by Gasteiger charge is 2.31. The number of fused-ring (bicyclic) bond motifs is 1. The van der Waals surface area contributed by atoms with Crippen molar-refractivity contribution in [3.05, 3.63) is 65.2 Å². The van der Waals surface area contributed by atoms with Crippen molar-refractivity contribution in [2.45, 2.75) is 12.6 Å². The summed E-state index contributed by atoms with van der Waals surface area (Å²) in [4.78, 5) is 12.1. The van der Waals surface area contributed by atoms with Crippen molar-refractivity contribution >= 4 is 5.91 Å². The molecule has 0 spiro atoms. The lowest BCUT2D eigenvalue weighted by Crippen LogP contribution is -2.34. The molecule has 0 radical (unpaired) electrons. The van der Waals surface area contributed by atoms with E-state index < -0.39 is 17.6 Å². The van der Waals surface area contributed by atoms with E-state index in [9.17, 15) is 18.0 Å². The monoisotopic (exact) mass is 335 g/mol. The van der Waals surface area contributed by atoms with Gasteiger partial charge in [-0.2, -0.15) is 13.2 Å².